The van der Waals surface area contributed by atoms with E-state index in [1.54, 1.807) is 22.6 Å². The second kappa shape index (κ2) is 5.63. The van der Waals surface area contributed by atoms with Crippen LogP contribution in [-0.4, -0.2) is 11.3 Å². The first-order valence-electron chi connectivity index (χ1n) is 4.03. The van der Waals surface area contributed by atoms with Gasteiger partial charge in [-0.25, -0.2) is 13.8 Å². The number of hydrogen-bond donors (Lipinski definition) is 0. The van der Waals surface area contributed by atoms with Crippen LogP contribution in [0.5, 0.6) is 5.88 Å². The highest BCUT2D eigenvalue weighted by molar-refractivity contribution is 14.1. The average Bonchev–Trinajstić information content (AvgIpc) is 2.13. The first kappa shape index (κ1) is 14.9. The van der Waals surface area contributed by atoms with E-state index in [1.807, 2.05) is 0 Å². The molecule has 1 aromatic rings. The Kier molecular flexibility index (Phi) is 4.93. The zero-order chi connectivity index (χ0) is 13.2. The monoisotopic (exact) mass is 431 g/mol. The van der Waals surface area contributed by atoms with Crippen molar-refractivity contribution in [2.75, 3.05) is 0 Å². The van der Waals surface area contributed by atoms with Gasteiger partial charge in [-0.1, -0.05) is 15.9 Å². The van der Waals surface area contributed by atoms with Crippen LogP contribution in [0.15, 0.2) is 6.07 Å². The highest BCUT2D eigenvalue weighted by atomic mass is 127. The number of nitrogens with zero attached hydrogens (tertiary/aromatic N) is 1. The quantitative estimate of drug-likeness (QED) is 0.401. The fourth-order valence-electron chi connectivity index (χ4n) is 1.02. The fraction of sp³-hybridized carbons (Fsp3) is 0.375. The predicted molar refractivity (Wildman–Crippen MR) is 61.2 cm³/mol. The summed E-state index contributed by atoms with van der Waals surface area (Å²) < 4.78 is 64.7. The maximum atomic E-state index is 12.6. The summed E-state index contributed by atoms with van der Waals surface area (Å²) in [5.74, 6) is -0.887. The lowest BCUT2D eigenvalue weighted by Crippen LogP contribution is -2.19. The van der Waals surface area contributed by atoms with Gasteiger partial charge in [-0.2, -0.15) is 0 Å². The van der Waals surface area contributed by atoms with Crippen molar-refractivity contribution in [3.8, 4) is 5.88 Å². The van der Waals surface area contributed by atoms with E-state index in [0.717, 1.165) is 6.07 Å². The Morgan fingerprint density at radius 3 is 2.41 bits per heavy atom. The largest absolute Gasteiger partial charge is 0.574 e. The lowest BCUT2D eigenvalue weighted by Gasteiger charge is -2.12. The molecule has 0 aliphatic carbocycles. The van der Waals surface area contributed by atoms with Crippen LogP contribution in [0.3, 0.4) is 0 Å². The minimum Gasteiger partial charge on any atom is -0.388 e. The summed E-state index contributed by atoms with van der Waals surface area (Å²) in [5, 5.41) is 0.0737. The van der Waals surface area contributed by atoms with E-state index in [0.29, 0.717) is 0 Å². The van der Waals surface area contributed by atoms with E-state index in [2.05, 4.69) is 25.7 Å². The van der Waals surface area contributed by atoms with Crippen molar-refractivity contribution in [1.82, 2.24) is 4.98 Å². The number of alkyl halides is 6. The van der Waals surface area contributed by atoms with E-state index in [9.17, 15) is 22.0 Å². The normalized spacial score (nSPS) is 12.0. The van der Waals surface area contributed by atoms with Crippen LogP contribution in [0, 0.1) is 3.57 Å². The van der Waals surface area contributed by atoms with Gasteiger partial charge in [0.15, 0.2) is 0 Å². The van der Waals surface area contributed by atoms with Crippen molar-refractivity contribution in [2.24, 2.45) is 0 Å². The number of halogens is 7. The molecule has 17 heavy (non-hydrogen) atoms. The van der Waals surface area contributed by atoms with Gasteiger partial charge in [-0.15, -0.1) is 13.2 Å². The molecular weight excluding hydrogens is 428 g/mol. The van der Waals surface area contributed by atoms with Gasteiger partial charge in [0, 0.05) is 20.5 Å². The third kappa shape index (κ3) is 4.19. The molecule has 0 aliphatic heterocycles. The predicted octanol–water partition coefficient (Wildman–Crippen LogP) is 4.42. The third-order valence-electron chi connectivity index (χ3n) is 1.64. The van der Waals surface area contributed by atoms with Crippen LogP contribution in [-0.2, 0) is 5.33 Å². The van der Waals surface area contributed by atoms with Crippen molar-refractivity contribution < 1.29 is 26.7 Å². The van der Waals surface area contributed by atoms with Gasteiger partial charge >= 0.3 is 6.36 Å². The minimum atomic E-state index is -4.95. The second-order valence-corrected chi connectivity index (χ2v) is 4.51. The van der Waals surface area contributed by atoms with Crippen LogP contribution in [0.25, 0.3) is 0 Å². The summed E-state index contributed by atoms with van der Waals surface area (Å²) in [6.07, 6.45) is -7.92. The molecule has 9 heteroatoms. The summed E-state index contributed by atoms with van der Waals surface area (Å²) in [6, 6.07) is 0.955. The van der Waals surface area contributed by atoms with Gasteiger partial charge in [0.2, 0.25) is 5.88 Å². The SMILES string of the molecule is FC(F)c1nc(OC(F)(F)F)cc(I)c1CBr. The van der Waals surface area contributed by atoms with Crippen LogP contribution >= 0.6 is 38.5 Å². The zero-order valence-electron chi connectivity index (χ0n) is 7.86. The average molecular weight is 432 g/mol. The Balaban J connectivity index is 3.20. The molecule has 0 amide bonds. The molecular formula is C8H4BrF5INO. The maximum absolute atomic E-state index is 12.6. The lowest BCUT2D eigenvalue weighted by atomic mass is 10.2. The van der Waals surface area contributed by atoms with Crippen molar-refractivity contribution in [3.05, 3.63) is 20.9 Å². The lowest BCUT2D eigenvalue weighted by molar-refractivity contribution is -0.276. The maximum Gasteiger partial charge on any atom is 0.574 e. The van der Waals surface area contributed by atoms with Crippen LogP contribution in [0.4, 0.5) is 22.0 Å². The Morgan fingerprint density at radius 2 is 2.00 bits per heavy atom. The summed E-state index contributed by atoms with van der Waals surface area (Å²) in [4.78, 5) is 3.16. The fourth-order valence-corrected chi connectivity index (χ4v) is 2.87. The molecule has 96 valence electrons. The molecule has 0 aromatic carbocycles. The molecule has 0 bridgehead atoms. The molecule has 0 spiro atoms. The molecule has 0 atom stereocenters. The molecule has 0 N–H and O–H groups in total. The van der Waals surface area contributed by atoms with Crippen LogP contribution in [0.2, 0.25) is 0 Å². The molecule has 0 fully saturated rings. The number of pyridine rings is 1. The molecule has 1 heterocycles. The van der Waals surface area contributed by atoms with E-state index in [-0.39, 0.29) is 14.5 Å². The Labute approximate surface area is 115 Å². The summed E-state index contributed by atoms with van der Waals surface area (Å²) in [5.41, 5.74) is -0.567. The standard InChI is InChI=1S/C8H4BrF5INO/c9-2-3-4(15)1-5(17-8(12,13)14)16-6(3)7(10)11/h1,7H,2H2. The number of ether oxygens (including phenoxy) is 1. The first-order chi connectivity index (χ1) is 7.74. The van der Waals surface area contributed by atoms with Crippen molar-refractivity contribution in [2.45, 2.75) is 18.1 Å². The third-order valence-corrected chi connectivity index (χ3v) is 3.16. The Morgan fingerprint density at radius 1 is 1.41 bits per heavy atom. The van der Waals surface area contributed by atoms with Gasteiger partial charge in [0.25, 0.3) is 6.43 Å². The summed E-state index contributed by atoms with van der Waals surface area (Å²) in [7, 11) is 0. The van der Waals surface area contributed by atoms with Crippen LogP contribution < -0.4 is 4.74 Å². The summed E-state index contributed by atoms with van der Waals surface area (Å²) in [6.45, 7) is 0. The minimum absolute atomic E-state index is 0.0737. The van der Waals surface area contributed by atoms with Gasteiger partial charge in [0.1, 0.15) is 5.69 Å². The summed E-state index contributed by atoms with van der Waals surface area (Å²) >= 11 is 4.62. The molecule has 1 rings (SSSR count). The van der Waals surface area contributed by atoms with E-state index in [1.165, 1.54) is 0 Å². The highest BCUT2D eigenvalue weighted by Crippen LogP contribution is 2.31. The number of aromatic nitrogens is 1. The highest BCUT2D eigenvalue weighted by Gasteiger charge is 2.32. The molecule has 0 radical (unpaired) electrons. The molecule has 1 aromatic heterocycles. The van der Waals surface area contributed by atoms with Crippen molar-refractivity contribution in [3.63, 3.8) is 0 Å². The molecule has 0 saturated heterocycles. The van der Waals surface area contributed by atoms with Gasteiger partial charge in [-0.05, 0) is 22.6 Å². The molecule has 2 nitrogen and oxygen atoms in total. The number of hydrogen-bond acceptors (Lipinski definition) is 2. The van der Waals surface area contributed by atoms with Gasteiger partial charge in [-0.3, -0.25) is 0 Å². The zero-order valence-corrected chi connectivity index (χ0v) is 11.6. The first-order valence-corrected chi connectivity index (χ1v) is 6.23. The number of rotatable bonds is 3. The van der Waals surface area contributed by atoms with Gasteiger partial charge < -0.3 is 4.74 Å². The molecule has 0 unspecified atom stereocenters. The van der Waals surface area contributed by atoms with E-state index < -0.39 is 24.4 Å². The van der Waals surface area contributed by atoms with Crippen molar-refractivity contribution >= 4 is 38.5 Å². The van der Waals surface area contributed by atoms with Gasteiger partial charge in [0.05, 0.1) is 0 Å². The van der Waals surface area contributed by atoms with Crippen molar-refractivity contribution in [1.29, 1.82) is 0 Å². The Bertz CT molecular complexity index is 412. The molecule has 0 saturated carbocycles. The van der Waals surface area contributed by atoms with Crippen LogP contribution in [0.1, 0.15) is 17.7 Å². The molecule has 0 aliphatic rings. The van der Waals surface area contributed by atoms with E-state index in [4.69, 9.17) is 0 Å². The Hall–Kier alpha value is -0.190. The van der Waals surface area contributed by atoms with E-state index >= 15 is 0 Å². The smallest absolute Gasteiger partial charge is 0.388 e. The second-order valence-electron chi connectivity index (χ2n) is 2.79. The topological polar surface area (TPSA) is 22.1 Å².